The van der Waals surface area contributed by atoms with Gasteiger partial charge in [-0.1, -0.05) is 31.3 Å². The maximum atomic E-state index is 13.0. The number of piperidine rings is 1. The number of anilines is 1. The number of nitrogens with one attached hydrogen (secondary N) is 1. The number of hydrogen-bond donors (Lipinski definition) is 1. The van der Waals surface area contributed by atoms with Crippen LogP contribution in [0.2, 0.25) is 0 Å². The summed E-state index contributed by atoms with van der Waals surface area (Å²) in [6, 6.07) is 12.1. The number of nitrogens with zero attached hydrogens (tertiary/aromatic N) is 2. The number of carbonyl (C=O) groups is 1. The molecule has 2 aromatic carbocycles. The topological polar surface area (TPSA) is 79.4 Å². The minimum atomic E-state index is -3.56. The molecule has 0 aliphatic carbocycles. The van der Waals surface area contributed by atoms with Crippen molar-refractivity contribution in [3.05, 3.63) is 53.6 Å². The van der Waals surface area contributed by atoms with Crippen molar-refractivity contribution in [1.29, 1.82) is 0 Å². The number of amides is 1. The summed E-state index contributed by atoms with van der Waals surface area (Å²) in [6.45, 7) is 7.24. The molecule has 2 atom stereocenters. The maximum Gasteiger partial charge on any atom is 0.257 e. The number of rotatable bonds is 4. The number of carbonyl (C=O) groups excluding carboxylic acids is 1. The zero-order valence-corrected chi connectivity index (χ0v) is 18.9. The Morgan fingerprint density at radius 2 is 1.77 bits per heavy atom. The molecular formula is C22H25N3O3S2. The van der Waals surface area contributed by atoms with Gasteiger partial charge in [0.25, 0.3) is 5.91 Å². The Labute approximate surface area is 181 Å². The largest absolute Gasteiger partial charge is 0.298 e. The first kappa shape index (κ1) is 21.0. The fourth-order valence-corrected chi connectivity index (χ4v) is 6.62. The Hall–Kier alpha value is -2.29. The van der Waals surface area contributed by atoms with Gasteiger partial charge in [0.15, 0.2) is 5.13 Å². The van der Waals surface area contributed by atoms with E-state index in [2.05, 4.69) is 24.1 Å². The second-order valence-corrected chi connectivity index (χ2v) is 11.2. The molecule has 1 fully saturated rings. The van der Waals surface area contributed by atoms with Crippen LogP contribution in [0.5, 0.6) is 0 Å². The van der Waals surface area contributed by atoms with Gasteiger partial charge in [-0.3, -0.25) is 10.1 Å². The minimum absolute atomic E-state index is 0.218. The third kappa shape index (κ3) is 4.26. The monoisotopic (exact) mass is 443 g/mol. The van der Waals surface area contributed by atoms with Gasteiger partial charge in [0.2, 0.25) is 10.0 Å². The van der Waals surface area contributed by atoms with Crippen LogP contribution in [0.25, 0.3) is 10.2 Å². The van der Waals surface area contributed by atoms with Gasteiger partial charge >= 0.3 is 0 Å². The van der Waals surface area contributed by atoms with E-state index in [0.29, 0.717) is 35.6 Å². The van der Waals surface area contributed by atoms with Crippen molar-refractivity contribution < 1.29 is 13.2 Å². The first-order chi connectivity index (χ1) is 14.2. The van der Waals surface area contributed by atoms with E-state index in [4.69, 9.17) is 0 Å². The summed E-state index contributed by atoms with van der Waals surface area (Å²) in [4.78, 5) is 17.3. The highest BCUT2D eigenvalue weighted by Crippen LogP contribution is 2.28. The first-order valence-electron chi connectivity index (χ1n) is 10.0. The molecule has 0 saturated carbocycles. The van der Waals surface area contributed by atoms with Crippen LogP contribution in [0.1, 0.15) is 36.2 Å². The Morgan fingerprint density at radius 3 is 2.43 bits per heavy atom. The average Bonchev–Trinajstić information content (AvgIpc) is 3.08. The summed E-state index contributed by atoms with van der Waals surface area (Å²) in [5.74, 6) is 0.368. The van der Waals surface area contributed by atoms with E-state index in [1.54, 1.807) is 16.4 Å². The standard InChI is InChI=1S/C22H25N3O3S2/c1-14-4-9-19-20(11-14)29-22(23-19)24-21(26)17-5-7-18(8-6-17)30(27,28)25-12-15(2)10-16(3)13-25/h4-9,11,15-16H,10,12-13H2,1-3H3,(H,23,24,26)/t15-,16+. The van der Waals surface area contributed by atoms with Crippen LogP contribution in [0.3, 0.4) is 0 Å². The number of thiazole rings is 1. The Balaban J connectivity index is 1.50. The van der Waals surface area contributed by atoms with Crippen molar-refractivity contribution >= 4 is 42.6 Å². The predicted octanol–water partition coefficient (Wildman–Crippen LogP) is 4.52. The van der Waals surface area contributed by atoms with Crippen LogP contribution in [-0.2, 0) is 10.0 Å². The normalized spacial score (nSPS) is 20.4. The molecule has 8 heteroatoms. The van der Waals surface area contributed by atoms with E-state index >= 15 is 0 Å². The van der Waals surface area contributed by atoms with Gasteiger partial charge in [0.05, 0.1) is 15.1 Å². The summed E-state index contributed by atoms with van der Waals surface area (Å²) in [5, 5.41) is 3.33. The van der Waals surface area contributed by atoms with Crippen molar-refractivity contribution in [2.24, 2.45) is 11.8 Å². The number of fused-ring (bicyclic) bond motifs is 1. The molecule has 158 valence electrons. The van der Waals surface area contributed by atoms with Gasteiger partial charge < -0.3 is 0 Å². The predicted molar refractivity (Wildman–Crippen MR) is 120 cm³/mol. The number of aromatic nitrogens is 1. The summed E-state index contributed by atoms with van der Waals surface area (Å²) < 4.78 is 28.6. The highest BCUT2D eigenvalue weighted by molar-refractivity contribution is 7.89. The first-order valence-corrected chi connectivity index (χ1v) is 12.3. The van der Waals surface area contributed by atoms with Crippen LogP contribution in [-0.4, -0.2) is 36.7 Å². The highest BCUT2D eigenvalue weighted by Gasteiger charge is 2.31. The SMILES string of the molecule is Cc1ccc2nc(NC(=O)c3ccc(S(=O)(=O)N4C[C@H](C)C[C@H](C)C4)cc3)sc2c1. The smallest absolute Gasteiger partial charge is 0.257 e. The molecule has 0 spiro atoms. The fraction of sp³-hybridized carbons (Fsp3) is 0.364. The maximum absolute atomic E-state index is 13.0. The van der Waals surface area contributed by atoms with E-state index in [-0.39, 0.29) is 10.8 Å². The zero-order chi connectivity index (χ0) is 21.5. The second kappa shape index (κ2) is 8.09. The summed E-state index contributed by atoms with van der Waals surface area (Å²) >= 11 is 1.42. The van der Waals surface area contributed by atoms with Crippen LogP contribution < -0.4 is 5.32 Å². The van der Waals surface area contributed by atoms with Gasteiger partial charge in [0, 0.05) is 18.7 Å². The third-order valence-electron chi connectivity index (χ3n) is 5.35. The average molecular weight is 444 g/mol. The van der Waals surface area contributed by atoms with Gasteiger partial charge in [-0.25, -0.2) is 13.4 Å². The van der Waals surface area contributed by atoms with E-state index in [0.717, 1.165) is 22.2 Å². The number of sulfonamides is 1. The van der Waals surface area contributed by atoms with Crippen molar-refractivity contribution in [2.45, 2.75) is 32.1 Å². The van der Waals surface area contributed by atoms with Crippen LogP contribution in [0.15, 0.2) is 47.4 Å². The molecule has 2 heterocycles. The third-order valence-corrected chi connectivity index (χ3v) is 8.13. The molecule has 1 aliphatic heterocycles. The number of aryl methyl sites for hydroxylation is 1. The van der Waals surface area contributed by atoms with E-state index in [9.17, 15) is 13.2 Å². The molecule has 0 radical (unpaired) electrons. The summed E-state index contributed by atoms with van der Waals surface area (Å²) in [6.07, 6.45) is 1.04. The zero-order valence-electron chi connectivity index (χ0n) is 17.3. The highest BCUT2D eigenvalue weighted by atomic mass is 32.2. The van der Waals surface area contributed by atoms with Crippen molar-refractivity contribution in [3.63, 3.8) is 0 Å². The van der Waals surface area contributed by atoms with Gasteiger partial charge in [-0.05, 0) is 67.1 Å². The molecule has 0 bridgehead atoms. The van der Waals surface area contributed by atoms with E-state index < -0.39 is 10.0 Å². The second-order valence-electron chi connectivity index (χ2n) is 8.24. The number of hydrogen-bond acceptors (Lipinski definition) is 5. The molecule has 1 N–H and O–H groups in total. The molecule has 1 saturated heterocycles. The fourth-order valence-electron chi connectivity index (χ4n) is 3.98. The van der Waals surface area contributed by atoms with Gasteiger partial charge in [-0.2, -0.15) is 4.31 Å². The lowest BCUT2D eigenvalue weighted by Gasteiger charge is -2.34. The molecule has 1 amide bonds. The molecular weight excluding hydrogens is 418 g/mol. The molecule has 30 heavy (non-hydrogen) atoms. The molecule has 6 nitrogen and oxygen atoms in total. The van der Waals surface area contributed by atoms with Crippen LogP contribution in [0.4, 0.5) is 5.13 Å². The molecule has 0 unspecified atom stereocenters. The quantitative estimate of drug-likeness (QED) is 0.643. The summed E-state index contributed by atoms with van der Waals surface area (Å²) in [5.41, 5.74) is 2.37. The molecule has 1 aromatic heterocycles. The van der Waals surface area contributed by atoms with Crippen molar-refractivity contribution in [1.82, 2.24) is 9.29 Å². The molecule has 1 aliphatic rings. The Kier molecular flexibility index (Phi) is 5.65. The molecule has 4 rings (SSSR count). The molecule has 3 aromatic rings. The van der Waals surface area contributed by atoms with Crippen LogP contribution >= 0.6 is 11.3 Å². The van der Waals surface area contributed by atoms with E-state index in [1.807, 2.05) is 25.1 Å². The Morgan fingerprint density at radius 1 is 1.10 bits per heavy atom. The lowest BCUT2D eigenvalue weighted by Crippen LogP contribution is -2.42. The van der Waals surface area contributed by atoms with Gasteiger partial charge in [-0.15, -0.1) is 0 Å². The van der Waals surface area contributed by atoms with Gasteiger partial charge in [0.1, 0.15) is 0 Å². The lowest BCUT2D eigenvalue weighted by atomic mass is 9.94. The summed E-state index contributed by atoms with van der Waals surface area (Å²) in [7, 11) is -3.56. The van der Waals surface area contributed by atoms with Crippen molar-refractivity contribution in [3.8, 4) is 0 Å². The Bertz CT molecular complexity index is 1180. The van der Waals surface area contributed by atoms with Crippen LogP contribution in [0, 0.1) is 18.8 Å². The van der Waals surface area contributed by atoms with E-state index in [1.165, 1.54) is 23.5 Å². The minimum Gasteiger partial charge on any atom is -0.298 e. The lowest BCUT2D eigenvalue weighted by molar-refractivity contribution is 0.102. The number of benzene rings is 2. The van der Waals surface area contributed by atoms with Crippen molar-refractivity contribution in [2.75, 3.05) is 18.4 Å².